The van der Waals surface area contributed by atoms with Crippen LogP contribution < -0.4 is 14.8 Å². The van der Waals surface area contributed by atoms with Crippen LogP contribution in [0.15, 0.2) is 42.5 Å². The first-order valence-corrected chi connectivity index (χ1v) is 8.41. The van der Waals surface area contributed by atoms with E-state index in [1.54, 1.807) is 38.5 Å². The van der Waals surface area contributed by atoms with Gasteiger partial charge in [-0.2, -0.15) is 0 Å². The van der Waals surface area contributed by atoms with Gasteiger partial charge in [-0.15, -0.1) is 0 Å². The van der Waals surface area contributed by atoms with Gasteiger partial charge in [0.25, 0.3) is 0 Å². The Morgan fingerprint density at radius 2 is 1.76 bits per heavy atom. The quantitative estimate of drug-likeness (QED) is 0.725. The maximum atomic E-state index is 11.9. The van der Waals surface area contributed by atoms with Crippen LogP contribution in [0.25, 0.3) is 6.08 Å². The van der Waals surface area contributed by atoms with Crippen molar-refractivity contribution in [3.8, 4) is 11.5 Å². The number of rotatable bonds is 7. The molecule has 0 aliphatic rings. The van der Waals surface area contributed by atoms with Crippen molar-refractivity contribution >= 4 is 35.2 Å². The molecule has 2 aromatic carbocycles. The summed E-state index contributed by atoms with van der Waals surface area (Å²) in [5, 5.41) is 3.83. The van der Waals surface area contributed by atoms with E-state index in [1.807, 2.05) is 18.2 Å². The van der Waals surface area contributed by atoms with E-state index < -0.39 is 0 Å². The number of carbonyl (C=O) groups excluding carboxylic acids is 1. The van der Waals surface area contributed by atoms with Gasteiger partial charge in [0.05, 0.1) is 14.2 Å². The molecule has 0 aliphatic heterocycles. The molecule has 0 aliphatic carbocycles. The largest absolute Gasteiger partial charge is 0.493 e. The van der Waals surface area contributed by atoms with Gasteiger partial charge in [0, 0.05) is 28.2 Å². The third-order valence-electron chi connectivity index (χ3n) is 3.56. The Balaban J connectivity index is 1.89. The lowest BCUT2D eigenvalue weighted by Crippen LogP contribution is -2.23. The first-order chi connectivity index (χ1) is 12.0. The van der Waals surface area contributed by atoms with Crippen LogP contribution in [0.3, 0.4) is 0 Å². The Morgan fingerprint density at radius 3 is 2.40 bits per heavy atom. The van der Waals surface area contributed by atoms with Crippen molar-refractivity contribution in [2.45, 2.75) is 6.42 Å². The molecule has 0 aromatic heterocycles. The van der Waals surface area contributed by atoms with Gasteiger partial charge in [0.1, 0.15) is 0 Å². The van der Waals surface area contributed by atoms with Crippen LogP contribution in [-0.4, -0.2) is 26.7 Å². The molecule has 2 aromatic rings. The molecule has 0 spiro atoms. The summed E-state index contributed by atoms with van der Waals surface area (Å²) in [5.74, 6) is 1.13. The predicted octanol–water partition coefficient (Wildman–Crippen LogP) is 4.38. The highest BCUT2D eigenvalue weighted by molar-refractivity contribution is 6.37. The number of methoxy groups -OCH3 is 2. The summed E-state index contributed by atoms with van der Waals surface area (Å²) in [5.41, 5.74) is 1.66. The first kappa shape index (κ1) is 19.2. The fourth-order valence-electron chi connectivity index (χ4n) is 2.25. The monoisotopic (exact) mass is 379 g/mol. The van der Waals surface area contributed by atoms with Crippen LogP contribution in [-0.2, 0) is 11.2 Å². The smallest absolute Gasteiger partial charge is 0.244 e. The van der Waals surface area contributed by atoms with Crippen molar-refractivity contribution in [3.63, 3.8) is 0 Å². The highest BCUT2D eigenvalue weighted by atomic mass is 35.5. The minimum Gasteiger partial charge on any atom is -0.493 e. The number of carbonyl (C=O) groups is 1. The SMILES string of the molecule is COc1ccc(CCNC(=O)C=Cc2c(Cl)cccc2Cl)cc1OC. The number of halogens is 2. The summed E-state index contributed by atoms with van der Waals surface area (Å²) in [4.78, 5) is 11.9. The third kappa shape index (κ3) is 5.41. The summed E-state index contributed by atoms with van der Waals surface area (Å²) in [7, 11) is 3.18. The fourth-order valence-corrected chi connectivity index (χ4v) is 2.78. The van der Waals surface area contributed by atoms with Crippen molar-refractivity contribution in [2.75, 3.05) is 20.8 Å². The molecule has 0 saturated heterocycles. The summed E-state index contributed by atoms with van der Waals surface area (Å²) in [6, 6.07) is 10.9. The number of ether oxygens (including phenoxy) is 2. The maximum absolute atomic E-state index is 11.9. The molecule has 0 fully saturated rings. The van der Waals surface area contributed by atoms with Crippen LogP contribution >= 0.6 is 23.2 Å². The first-order valence-electron chi connectivity index (χ1n) is 7.66. The summed E-state index contributed by atoms with van der Waals surface area (Å²) < 4.78 is 10.5. The zero-order valence-corrected chi connectivity index (χ0v) is 15.5. The van der Waals surface area contributed by atoms with Gasteiger partial charge in [0.2, 0.25) is 5.91 Å². The number of hydrogen-bond acceptors (Lipinski definition) is 3. The molecule has 1 amide bonds. The molecule has 4 nitrogen and oxygen atoms in total. The van der Waals surface area contributed by atoms with Crippen LogP contribution in [0, 0.1) is 0 Å². The van der Waals surface area contributed by atoms with E-state index in [-0.39, 0.29) is 5.91 Å². The zero-order valence-electron chi connectivity index (χ0n) is 14.0. The highest BCUT2D eigenvalue weighted by Crippen LogP contribution is 2.27. The van der Waals surface area contributed by atoms with Crippen molar-refractivity contribution in [1.82, 2.24) is 5.32 Å². The lowest BCUT2D eigenvalue weighted by Gasteiger charge is -2.09. The van der Waals surface area contributed by atoms with E-state index in [0.29, 0.717) is 40.1 Å². The van der Waals surface area contributed by atoms with Gasteiger partial charge < -0.3 is 14.8 Å². The van der Waals surface area contributed by atoms with E-state index in [0.717, 1.165) is 5.56 Å². The number of amides is 1. The van der Waals surface area contributed by atoms with Crippen LogP contribution in [0.1, 0.15) is 11.1 Å². The molecule has 6 heteroatoms. The van der Waals surface area contributed by atoms with Crippen molar-refractivity contribution in [3.05, 3.63) is 63.6 Å². The second-order valence-electron chi connectivity index (χ2n) is 5.20. The number of benzene rings is 2. The van der Waals surface area contributed by atoms with E-state index in [2.05, 4.69) is 5.32 Å². The molecule has 1 N–H and O–H groups in total. The zero-order chi connectivity index (χ0) is 18.2. The van der Waals surface area contributed by atoms with Crippen LogP contribution in [0.4, 0.5) is 0 Å². The average molecular weight is 380 g/mol. The van der Waals surface area contributed by atoms with Gasteiger partial charge in [0.15, 0.2) is 11.5 Å². The lowest BCUT2D eigenvalue weighted by molar-refractivity contribution is -0.116. The molecule has 0 unspecified atom stereocenters. The Morgan fingerprint density at radius 1 is 1.08 bits per heavy atom. The van der Waals surface area contributed by atoms with E-state index >= 15 is 0 Å². The molecule has 0 radical (unpaired) electrons. The lowest BCUT2D eigenvalue weighted by atomic mass is 10.1. The predicted molar refractivity (Wildman–Crippen MR) is 102 cm³/mol. The second kappa shape index (κ2) is 9.35. The molecular weight excluding hydrogens is 361 g/mol. The Hall–Kier alpha value is -2.17. The second-order valence-corrected chi connectivity index (χ2v) is 6.01. The molecule has 25 heavy (non-hydrogen) atoms. The minimum absolute atomic E-state index is 0.212. The van der Waals surface area contributed by atoms with Gasteiger partial charge in [-0.25, -0.2) is 0 Å². The number of hydrogen-bond donors (Lipinski definition) is 1. The summed E-state index contributed by atoms with van der Waals surface area (Å²) in [6.07, 6.45) is 3.70. The van der Waals surface area contributed by atoms with Crippen molar-refractivity contribution < 1.29 is 14.3 Å². The van der Waals surface area contributed by atoms with Crippen molar-refractivity contribution in [1.29, 1.82) is 0 Å². The number of nitrogens with one attached hydrogen (secondary N) is 1. The van der Waals surface area contributed by atoms with Gasteiger partial charge in [-0.1, -0.05) is 35.3 Å². The van der Waals surface area contributed by atoms with Gasteiger partial charge in [-0.3, -0.25) is 4.79 Å². The summed E-state index contributed by atoms with van der Waals surface area (Å²) >= 11 is 12.1. The molecule has 0 heterocycles. The van der Waals surface area contributed by atoms with Gasteiger partial charge in [-0.05, 0) is 42.3 Å². The van der Waals surface area contributed by atoms with E-state index in [9.17, 15) is 4.79 Å². The minimum atomic E-state index is -0.212. The molecule has 0 atom stereocenters. The average Bonchev–Trinajstić information content (AvgIpc) is 2.61. The molecular formula is C19H19Cl2NO3. The van der Waals surface area contributed by atoms with Gasteiger partial charge >= 0.3 is 0 Å². The standard InChI is InChI=1S/C19H19Cl2NO3/c1-24-17-8-6-13(12-18(17)25-2)10-11-22-19(23)9-7-14-15(20)4-3-5-16(14)21/h3-9,12H,10-11H2,1-2H3,(H,22,23). The molecule has 132 valence electrons. The topological polar surface area (TPSA) is 47.6 Å². The third-order valence-corrected chi connectivity index (χ3v) is 4.22. The Bertz CT molecular complexity index is 755. The Kier molecular flexibility index (Phi) is 7.16. The van der Waals surface area contributed by atoms with E-state index in [1.165, 1.54) is 6.08 Å². The highest BCUT2D eigenvalue weighted by Gasteiger charge is 2.05. The molecule has 0 bridgehead atoms. The summed E-state index contributed by atoms with van der Waals surface area (Å²) in [6.45, 7) is 0.495. The Labute approximate surface area is 157 Å². The maximum Gasteiger partial charge on any atom is 0.244 e. The van der Waals surface area contributed by atoms with Crippen LogP contribution in [0.5, 0.6) is 11.5 Å². The fraction of sp³-hybridized carbons (Fsp3) is 0.211. The van der Waals surface area contributed by atoms with Crippen LogP contribution in [0.2, 0.25) is 10.0 Å². The molecule has 0 saturated carbocycles. The normalized spacial score (nSPS) is 10.7. The molecule has 2 rings (SSSR count). The van der Waals surface area contributed by atoms with Crippen molar-refractivity contribution in [2.24, 2.45) is 0 Å². The van der Waals surface area contributed by atoms with E-state index in [4.69, 9.17) is 32.7 Å².